The minimum atomic E-state index is -1.78. The van der Waals surface area contributed by atoms with E-state index < -0.39 is 13.9 Å². The van der Waals surface area contributed by atoms with Gasteiger partial charge in [-0.3, -0.25) is 4.79 Å². The van der Waals surface area contributed by atoms with Gasteiger partial charge in [0.15, 0.2) is 5.82 Å². The number of nitrogens with one attached hydrogen (secondary N) is 1. The van der Waals surface area contributed by atoms with E-state index in [9.17, 15) is 9.18 Å². The van der Waals surface area contributed by atoms with E-state index in [1.165, 1.54) is 6.07 Å². The van der Waals surface area contributed by atoms with Crippen LogP contribution in [0.1, 0.15) is 17.3 Å². The Morgan fingerprint density at radius 3 is 2.47 bits per heavy atom. The molecule has 1 aromatic carbocycles. The Morgan fingerprint density at radius 2 is 2.00 bits per heavy atom. The molecule has 0 aromatic heterocycles. The van der Waals surface area contributed by atoms with Crippen LogP contribution >= 0.6 is 11.6 Å². The first kappa shape index (κ1) is 14.2. The van der Waals surface area contributed by atoms with Crippen LogP contribution in [0, 0.1) is 5.82 Å². The Kier molecular flexibility index (Phi) is 4.33. The normalized spacial score (nSPS) is 11.4. The molecule has 17 heavy (non-hydrogen) atoms. The monoisotopic (exact) mass is 273 g/mol. The zero-order valence-corrected chi connectivity index (χ0v) is 12.3. The number of benzene rings is 1. The highest BCUT2D eigenvalue weighted by Gasteiger charge is 2.27. The molecule has 0 unspecified atom stereocenters. The second-order valence-electron chi connectivity index (χ2n) is 4.89. The molecule has 0 heterocycles. The smallest absolute Gasteiger partial charge is 0.254 e. The highest BCUT2D eigenvalue weighted by Crippen LogP contribution is 2.19. The molecule has 0 radical (unpaired) electrons. The highest BCUT2D eigenvalue weighted by atomic mass is 35.5. The molecule has 1 amide bonds. The molecule has 0 aliphatic rings. The summed E-state index contributed by atoms with van der Waals surface area (Å²) < 4.78 is 14.0. The van der Waals surface area contributed by atoms with Crippen molar-refractivity contribution in [2.75, 3.05) is 6.54 Å². The van der Waals surface area contributed by atoms with Crippen molar-refractivity contribution in [3.63, 3.8) is 0 Å². The van der Waals surface area contributed by atoms with Crippen LogP contribution in [0.4, 0.5) is 4.39 Å². The van der Waals surface area contributed by atoms with E-state index in [0.29, 0.717) is 6.54 Å². The third-order valence-electron chi connectivity index (χ3n) is 2.47. The number of halogens is 2. The first-order valence-electron chi connectivity index (χ1n) is 5.55. The van der Waals surface area contributed by atoms with E-state index in [1.54, 1.807) is 13.0 Å². The van der Waals surface area contributed by atoms with Crippen molar-refractivity contribution >= 4 is 30.8 Å². The summed E-state index contributed by atoms with van der Waals surface area (Å²) in [6, 6.07) is 3.29. The molecule has 1 rings (SSSR count). The Bertz CT molecular complexity index is 443. The second-order valence-corrected chi connectivity index (χ2v) is 10.3. The Hall–Kier alpha value is -0.873. The van der Waals surface area contributed by atoms with Crippen molar-refractivity contribution in [2.24, 2.45) is 0 Å². The van der Waals surface area contributed by atoms with Gasteiger partial charge in [-0.1, -0.05) is 37.3 Å². The van der Waals surface area contributed by atoms with Gasteiger partial charge in [0.25, 0.3) is 5.91 Å². The number of rotatable bonds is 3. The predicted octanol–water partition coefficient (Wildman–Crippen LogP) is 2.77. The van der Waals surface area contributed by atoms with E-state index in [-0.39, 0.29) is 16.5 Å². The minimum Gasteiger partial charge on any atom is -0.352 e. The van der Waals surface area contributed by atoms with E-state index >= 15 is 0 Å². The molecule has 0 spiro atoms. The average Bonchev–Trinajstić information content (AvgIpc) is 2.20. The maximum absolute atomic E-state index is 14.0. The molecule has 0 saturated heterocycles. The molecular formula is C12H17ClFNOSi. The molecule has 0 bridgehead atoms. The number of amides is 1. The Balaban J connectivity index is 3.42. The third-order valence-corrected chi connectivity index (χ3v) is 4.79. The van der Waals surface area contributed by atoms with Crippen molar-refractivity contribution in [1.82, 2.24) is 5.32 Å². The van der Waals surface area contributed by atoms with E-state index in [2.05, 4.69) is 25.0 Å². The van der Waals surface area contributed by atoms with Crippen molar-refractivity contribution in [1.29, 1.82) is 0 Å². The number of carbonyl (C=O) groups is 1. The highest BCUT2D eigenvalue weighted by molar-refractivity contribution is 6.89. The van der Waals surface area contributed by atoms with Crippen LogP contribution in [0.25, 0.3) is 0 Å². The standard InChI is InChI=1S/C12H17ClFNOSi/c1-5-15-12(16)10-9(17(2,3)4)7-6-8(13)11(10)14/h6-7H,5H2,1-4H3,(H,15,16). The van der Waals surface area contributed by atoms with Crippen molar-refractivity contribution < 1.29 is 9.18 Å². The van der Waals surface area contributed by atoms with Crippen LogP contribution in [-0.4, -0.2) is 20.5 Å². The summed E-state index contributed by atoms with van der Waals surface area (Å²) in [4.78, 5) is 11.9. The van der Waals surface area contributed by atoms with Crippen LogP contribution < -0.4 is 10.5 Å². The quantitative estimate of drug-likeness (QED) is 0.843. The summed E-state index contributed by atoms with van der Waals surface area (Å²) in [7, 11) is -1.78. The molecule has 5 heteroatoms. The van der Waals surface area contributed by atoms with E-state index in [4.69, 9.17) is 11.6 Å². The third kappa shape index (κ3) is 3.07. The van der Waals surface area contributed by atoms with Gasteiger partial charge in [-0.15, -0.1) is 0 Å². The van der Waals surface area contributed by atoms with Gasteiger partial charge in [0.1, 0.15) is 0 Å². The fourth-order valence-electron chi connectivity index (χ4n) is 1.65. The maximum atomic E-state index is 14.0. The Morgan fingerprint density at radius 1 is 1.41 bits per heavy atom. The molecule has 0 saturated carbocycles. The van der Waals surface area contributed by atoms with Gasteiger partial charge >= 0.3 is 0 Å². The van der Waals surface area contributed by atoms with E-state index in [1.807, 2.05) is 0 Å². The molecule has 1 aromatic rings. The second kappa shape index (κ2) is 5.19. The summed E-state index contributed by atoms with van der Waals surface area (Å²) in [5.74, 6) is -0.998. The molecule has 2 nitrogen and oxygen atoms in total. The lowest BCUT2D eigenvalue weighted by molar-refractivity contribution is 0.0953. The molecule has 0 aliphatic heterocycles. The molecule has 94 valence electrons. The van der Waals surface area contributed by atoms with Gasteiger partial charge in [-0.05, 0) is 18.2 Å². The molecule has 0 aliphatic carbocycles. The summed E-state index contributed by atoms with van der Waals surface area (Å²) in [6.45, 7) is 8.47. The fourth-order valence-corrected chi connectivity index (χ4v) is 3.36. The molecular weight excluding hydrogens is 257 g/mol. The van der Waals surface area contributed by atoms with Crippen molar-refractivity contribution in [3.8, 4) is 0 Å². The maximum Gasteiger partial charge on any atom is 0.254 e. The number of hydrogen-bond donors (Lipinski definition) is 1. The van der Waals surface area contributed by atoms with Gasteiger partial charge in [-0.2, -0.15) is 0 Å². The SMILES string of the molecule is CCNC(=O)c1c([Si](C)(C)C)ccc(Cl)c1F. The average molecular weight is 274 g/mol. The first-order valence-corrected chi connectivity index (χ1v) is 9.43. The lowest BCUT2D eigenvalue weighted by Gasteiger charge is -2.21. The number of hydrogen-bond acceptors (Lipinski definition) is 1. The van der Waals surface area contributed by atoms with Gasteiger partial charge in [0, 0.05) is 6.54 Å². The lowest BCUT2D eigenvalue weighted by Crippen LogP contribution is -2.44. The number of carbonyl (C=O) groups excluding carboxylic acids is 1. The largest absolute Gasteiger partial charge is 0.352 e. The Labute approximate surface area is 107 Å². The summed E-state index contributed by atoms with van der Waals surface area (Å²) in [5, 5.41) is 3.42. The molecule has 0 atom stereocenters. The zero-order valence-electron chi connectivity index (χ0n) is 10.5. The topological polar surface area (TPSA) is 29.1 Å². The molecule has 1 N–H and O–H groups in total. The van der Waals surface area contributed by atoms with Crippen LogP contribution in [0.2, 0.25) is 24.7 Å². The lowest BCUT2D eigenvalue weighted by atomic mass is 10.2. The van der Waals surface area contributed by atoms with Crippen molar-refractivity contribution in [3.05, 3.63) is 28.5 Å². The van der Waals surface area contributed by atoms with Crippen LogP contribution in [-0.2, 0) is 0 Å². The summed E-state index contributed by atoms with van der Waals surface area (Å²) in [5.41, 5.74) is 0.110. The zero-order chi connectivity index (χ0) is 13.2. The van der Waals surface area contributed by atoms with E-state index in [0.717, 1.165) is 5.19 Å². The van der Waals surface area contributed by atoms with Crippen molar-refractivity contribution in [2.45, 2.75) is 26.6 Å². The van der Waals surface area contributed by atoms with Crippen LogP contribution in [0.5, 0.6) is 0 Å². The van der Waals surface area contributed by atoms with Gasteiger partial charge in [-0.25, -0.2) is 4.39 Å². The fraction of sp³-hybridized carbons (Fsp3) is 0.417. The van der Waals surface area contributed by atoms with Gasteiger partial charge < -0.3 is 5.32 Å². The van der Waals surface area contributed by atoms with Gasteiger partial charge in [0.05, 0.1) is 18.7 Å². The van der Waals surface area contributed by atoms with Gasteiger partial charge in [0.2, 0.25) is 0 Å². The summed E-state index contributed by atoms with van der Waals surface area (Å²) >= 11 is 5.74. The van der Waals surface area contributed by atoms with Crippen LogP contribution in [0.3, 0.4) is 0 Å². The minimum absolute atomic E-state index is 0.00625. The van der Waals surface area contributed by atoms with Crippen LogP contribution in [0.15, 0.2) is 12.1 Å². The molecule has 0 fully saturated rings. The first-order chi connectivity index (χ1) is 7.79. The summed E-state index contributed by atoms with van der Waals surface area (Å²) in [6.07, 6.45) is 0. The predicted molar refractivity (Wildman–Crippen MR) is 72.4 cm³/mol.